The summed E-state index contributed by atoms with van der Waals surface area (Å²) >= 11 is 0. The van der Waals surface area contributed by atoms with Crippen LogP contribution in [-0.2, 0) is 24.2 Å². The molecule has 0 unspecified atom stereocenters. The van der Waals surface area contributed by atoms with Crippen LogP contribution in [0.4, 0.5) is 0 Å². The lowest BCUT2D eigenvalue weighted by molar-refractivity contribution is -0.148. The molecule has 0 radical (unpaired) electrons. The van der Waals surface area contributed by atoms with Gasteiger partial charge in [-0.1, -0.05) is 6.92 Å². The first kappa shape index (κ1) is 14.9. The van der Waals surface area contributed by atoms with Gasteiger partial charge in [0.05, 0.1) is 18.6 Å². The molecule has 0 aromatic heterocycles. The van der Waals surface area contributed by atoms with Gasteiger partial charge in [0.25, 0.3) is 0 Å². The summed E-state index contributed by atoms with van der Waals surface area (Å²) in [5.41, 5.74) is 0. The van der Waals surface area contributed by atoms with Gasteiger partial charge in [-0.15, -0.1) is 0 Å². The fourth-order valence-corrected chi connectivity index (χ4v) is 3.73. The Hall–Kier alpha value is -1.11. The summed E-state index contributed by atoms with van der Waals surface area (Å²) in [5.74, 6) is -0.692. The highest BCUT2D eigenvalue weighted by Gasteiger charge is 2.35. The van der Waals surface area contributed by atoms with E-state index in [2.05, 4.69) is 4.74 Å². The Morgan fingerprint density at radius 1 is 1.39 bits per heavy atom. The molecular weight excluding hydrogens is 258 g/mol. The Labute approximate surface area is 107 Å². The molecule has 0 N–H and O–H groups in total. The van der Waals surface area contributed by atoms with E-state index in [-0.39, 0.29) is 24.0 Å². The fourth-order valence-electron chi connectivity index (χ4n) is 2.00. The molecule has 1 heterocycles. The number of amides is 1. The van der Waals surface area contributed by atoms with Crippen molar-refractivity contribution >= 4 is 21.7 Å². The van der Waals surface area contributed by atoms with Gasteiger partial charge in [-0.05, 0) is 12.8 Å². The van der Waals surface area contributed by atoms with E-state index in [1.807, 2.05) is 6.92 Å². The van der Waals surface area contributed by atoms with Crippen LogP contribution in [0.2, 0.25) is 0 Å². The Kier molecular flexibility index (Phi) is 5.13. The molecule has 1 amide bonds. The zero-order valence-electron chi connectivity index (χ0n) is 10.7. The van der Waals surface area contributed by atoms with Crippen LogP contribution in [-0.4, -0.2) is 56.4 Å². The third-order valence-electron chi connectivity index (χ3n) is 2.96. The number of carbonyl (C=O) groups is 2. The average molecular weight is 277 g/mol. The summed E-state index contributed by atoms with van der Waals surface area (Å²) in [6, 6.07) is -0.395. The number of sulfone groups is 1. The minimum atomic E-state index is -3.08. The number of ether oxygens (including phenoxy) is 1. The van der Waals surface area contributed by atoms with Crippen molar-refractivity contribution in [2.24, 2.45) is 0 Å². The number of rotatable bonds is 5. The van der Waals surface area contributed by atoms with Gasteiger partial charge >= 0.3 is 5.97 Å². The maximum absolute atomic E-state index is 11.9. The molecule has 104 valence electrons. The van der Waals surface area contributed by atoms with Crippen molar-refractivity contribution in [2.75, 3.05) is 25.2 Å². The van der Waals surface area contributed by atoms with Crippen LogP contribution < -0.4 is 0 Å². The molecule has 0 spiro atoms. The lowest BCUT2D eigenvalue weighted by atomic mass is 10.2. The van der Waals surface area contributed by atoms with E-state index < -0.39 is 21.8 Å². The van der Waals surface area contributed by atoms with Gasteiger partial charge in [0.15, 0.2) is 9.84 Å². The summed E-state index contributed by atoms with van der Waals surface area (Å²) in [5, 5.41) is 0. The number of hydrogen-bond acceptors (Lipinski definition) is 5. The smallest absolute Gasteiger partial charge is 0.325 e. The molecule has 0 aromatic rings. The van der Waals surface area contributed by atoms with Gasteiger partial charge in [0.2, 0.25) is 5.91 Å². The minimum Gasteiger partial charge on any atom is -0.468 e. The second-order valence-electron chi connectivity index (χ2n) is 4.40. The van der Waals surface area contributed by atoms with Crippen LogP contribution in [0, 0.1) is 0 Å². The molecule has 0 bridgehead atoms. The fraction of sp³-hybridized carbons (Fsp3) is 0.818. The van der Waals surface area contributed by atoms with Crippen molar-refractivity contribution in [3.8, 4) is 0 Å². The molecule has 18 heavy (non-hydrogen) atoms. The van der Waals surface area contributed by atoms with E-state index in [4.69, 9.17) is 0 Å². The quantitative estimate of drug-likeness (QED) is 0.659. The molecule has 6 nitrogen and oxygen atoms in total. The van der Waals surface area contributed by atoms with Crippen molar-refractivity contribution < 1.29 is 22.7 Å². The molecular formula is C11H19NO5S. The maximum Gasteiger partial charge on any atom is 0.325 e. The van der Waals surface area contributed by atoms with E-state index in [1.165, 1.54) is 12.0 Å². The summed E-state index contributed by atoms with van der Waals surface area (Å²) in [7, 11) is -1.83. The third kappa shape index (κ3) is 3.97. The molecule has 0 saturated carbocycles. The van der Waals surface area contributed by atoms with Crippen LogP contribution in [0.25, 0.3) is 0 Å². The van der Waals surface area contributed by atoms with E-state index in [0.29, 0.717) is 19.3 Å². The Morgan fingerprint density at radius 2 is 2.06 bits per heavy atom. The van der Waals surface area contributed by atoms with Crippen LogP contribution in [0.1, 0.15) is 26.2 Å². The van der Waals surface area contributed by atoms with E-state index in [9.17, 15) is 18.0 Å². The molecule has 0 aliphatic carbocycles. The zero-order valence-corrected chi connectivity index (χ0v) is 11.5. The summed E-state index contributed by atoms with van der Waals surface area (Å²) in [6.45, 7) is 1.69. The largest absolute Gasteiger partial charge is 0.468 e. The monoisotopic (exact) mass is 277 g/mol. The van der Waals surface area contributed by atoms with E-state index >= 15 is 0 Å². The molecule has 1 rings (SSSR count). The summed E-state index contributed by atoms with van der Waals surface area (Å²) < 4.78 is 27.4. The standard InChI is InChI=1S/C11H19NO5S/c1-3-4-10(13)12(7-11(14)17-2)9-5-6-18(15,16)8-9/h9H,3-8H2,1-2H3/t9-/m1/s1. The van der Waals surface area contributed by atoms with Crippen LogP contribution in [0.3, 0.4) is 0 Å². The van der Waals surface area contributed by atoms with Gasteiger partial charge in [-0.2, -0.15) is 0 Å². The molecule has 0 aromatic carbocycles. The SMILES string of the molecule is CCCC(=O)N(CC(=O)OC)[C@@H]1CCS(=O)(=O)C1. The normalized spacial score (nSPS) is 21.6. The molecule has 1 aliphatic heterocycles. The first-order valence-electron chi connectivity index (χ1n) is 5.96. The number of carbonyl (C=O) groups excluding carboxylic acids is 2. The predicted molar refractivity (Wildman–Crippen MR) is 65.7 cm³/mol. The lowest BCUT2D eigenvalue weighted by Gasteiger charge is -2.27. The van der Waals surface area contributed by atoms with Crippen molar-refractivity contribution in [2.45, 2.75) is 32.2 Å². The summed E-state index contributed by atoms with van der Waals surface area (Å²) in [4.78, 5) is 24.5. The molecule has 7 heteroatoms. The van der Waals surface area contributed by atoms with E-state index in [0.717, 1.165) is 0 Å². The van der Waals surface area contributed by atoms with Crippen molar-refractivity contribution in [3.05, 3.63) is 0 Å². The van der Waals surface area contributed by atoms with Gasteiger partial charge in [0.1, 0.15) is 6.54 Å². The second kappa shape index (κ2) is 6.17. The van der Waals surface area contributed by atoms with Crippen molar-refractivity contribution in [1.82, 2.24) is 4.90 Å². The van der Waals surface area contributed by atoms with Gasteiger partial charge in [-0.3, -0.25) is 9.59 Å². The van der Waals surface area contributed by atoms with Crippen LogP contribution in [0.15, 0.2) is 0 Å². The number of nitrogens with zero attached hydrogens (tertiary/aromatic N) is 1. The highest BCUT2D eigenvalue weighted by molar-refractivity contribution is 7.91. The number of hydrogen-bond donors (Lipinski definition) is 0. The Balaban J connectivity index is 2.77. The second-order valence-corrected chi connectivity index (χ2v) is 6.63. The first-order chi connectivity index (χ1) is 8.39. The van der Waals surface area contributed by atoms with E-state index in [1.54, 1.807) is 0 Å². The van der Waals surface area contributed by atoms with Crippen molar-refractivity contribution in [1.29, 1.82) is 0 Å². The Bertz CT molecular complexity index is 417. The topological polar surface area (TPSA) is 80.8 Å². The third-order valence-corrected chi connectivity index (χ3v) is 4.71. The minimum absolute atomic E-state index is 0.0561. The zero-order chi connectivity index (χ0) is 13.8. The predicted octanol–water partition coefficient (Wildman–Crippen LogP) is -0.0248. The highest BCUT2D eigenvalue weighted by Crippen LogP contribution is 2.19. The van der Waals surface area contributed by atoms with Gasteiger partial charge in [0, 0.05) is 12.5 Å². The van der Waals surface area contributed by atoms with Crippen molar-refractivity contribution in [3.63, 3.8) is 0 Å². The lowest BCUT2D eigenvalue weighted by Crippen LogP contribution is -2.44. The Morgan fingerprint density at radius 3 is 2.50 bits per heavy atom. The number of esters is 1. The first-order valence-corrected chi connectivity index (χ1v) is 7.78. The summed E-state index contributed by atoms with van der Waals surface area (Å²) in [6.07, 6.45) is 1.37. The molecule has 1 saturated heterocycles. The van der Waals surface area contributed by atoms with Crippen LogP contribution >= 0.6 is 0 Å². The van der Waals surface area contributed by atoms with Crippen LogP contribution in [0.5, 0.6) is 0 Å². The molecule has 1 atom stereocenters. The molecule has 1 aliphatic rings. The molecule has 1 fully saturated rings. The average Bonchev–Trinajstić information content (AvgIpc) is 2.66. The van der Waals surface area contributed by atoms with Gasteiger partial charge in [-0.25, -0.2) is 8.42 Å². The highest BCUT2D eigenvalue weighted by atomic mass is 32.2. The number of methoxy groups -OCH3 is 1. The maximum atomic E-state index is 11.9. The van der Waals surface area contributed by atoms with Gasteiger partial charge < -0.3 is 9.64 Å².